The predicted octanol–water partition coefficient (Wildman–Crippen LogP) is 17.8. The molecule has 0 aliphatic heterocycles. The van der Waals surface area contributed by atoms with E-state index in [2.05, 4.69) is 259 Å². The average Bonchev–Trinajstić information content (AvgIpc) is 3.96. The van der Waals surface area contributed by atoms with Crippen LogP contribution in [0.3, 0.4) is 0 Å². The van der Waals surface area contributed by atoms with Gasteiger partial charge in [0.25, 0.3) is 0 Å². The van der Waals surface area contributed by atoms with E-state index in [1.165, 1.54) is 66.0 Å². The number of para-hydroxylation sites is 4. The van der Waals surface area contributed by atoms with E-state index in [4.69, 9.17) is 4.42 Å². The summed E-state index contributed by atoms with van der Waals surface area (Å²) < 4.78 is 9.06. The summed E-state index contributed by atoms with van der Waals surface area (Å²) in [6, 6.07) is 83.5. The highest BCUT2D eigenvalue weighted by Crippen LogP contribution is 2.44. The molecule has 0 saturated carbocycles. The van der Waals surface area contributed by atoms with Crippen LogP contribution in [0.1, 0.15) is 18.9 Å². The van der Waals surface area contributed by atoms with Gasteiger partial charge in [-0.25, -0.2) is 0 Å². The third kappa shape index (κ3) is 6.74. The maximum absolute atomic E-state index is 6.68. The zero-order valence-electron chi connectivity index (χ0n) is 37.7. The van der Waals surface area contributed by atoms with Gasteiger partial charge >= 0.3 is 0 Å². The van der Waals surface area contributed by atoms with Gasteiger partial charge in [0, 0.05) is 44.0 Å². The second-order valence-electron chi connectivity index (χ2n) is 18.4. The minimum absolute atomic E-state index is 0.185. The van der Waals surface area contributed by atoms with Crippen LogP contribution in [0.25, 0.3) is 93.6 Å². The first-order valence-corrected chi connectivity index (χ1v) is 23.5. The van der Waals surface area contributed by atoms with E-state index in [9.17, 15) is 0 Å². The number of benzene rings is 10. The average molecular weight is 871 g/mol. The summed E-state index contributed by atoms with van der Waals surface area (Å²) in [6.07, 6.45) is 7.93. The molecule has 13 rings (SSSR count). The Kier molecular flexibility index (Phi) is 9.36. The standard InChI is InChI=1S/C65H46N2O/c1-65(52-17-10-15-49(42-52)51-32-31-44-13-2-3-14-48(44)41-51)39-37-54(38-40-65)66(62-25-12-22-59-58-21-6-9-26-63(58)68-64(59)62)53-35-33-46(34-36-53)45-27-29-47(30-28-45)50-16-11-18-55(43-50)67-60-23-7-4-19-56(60)57-20-5-8-24-61(57)67/h2-39,41-43H,40H2,1H3. The van der Waals surface area contributed by atoms with Crippen LogP contribution in [0.2, 0.25) is 0 Å². The van der Waals surface area contributed by atoms with E-state index in [0.717, 1.165) is 56.7 Å². The van der Waals surface area contributed by atoms with Gasteiger partial charge < -0.3 is 13.9 Å². The fraction of sp³-hybridized carbons (Fsp3) is 0.0462. The Hall–Kier alpha value is -8.66. The van der Waals surface area contributed by atoms with Gasteiger partial charge in [0.15, 0.2) is 5.58 Å². The summed E-state index contributed by atoms with van der Waals surface area (Å²) in [5.74, 6) is 0. The third-order valence-electron chi connectivity index (χ3n) is 14.2. The zero-order valence-corrected chi connectivity index (χ0v) is 37.7. The number of hydrogen-bond acceptors (Lipinski definition) is 2. The molecule has 3 nitrogen and oxygen atoms in total. The molecule has 0 spiro atoms. The predicted molar refractivity (Wildman–Crippen MR) is 286 cm³/mol. The molecule has 12 aromatic rings. The fourth-order valence-corrected chi connectivity index (χ4v) is 10.5. The smallest absolute Gasteiger partial charge is 0.159 e. The monoisotopic (exact) mass is 870 g/mol. The van der Waals surface area contributed by atoms with Crippen molar-refractivity contribution in [3.63, 3.8) is 0 Å². The molecule has 0 radical (unpaired) electrons. The quantitative estimate of drug-likeness (QED) is 0.152. The number of nitrogens with zero attached hydrogens (tertiary/aromatic N) is 2. The van der Waals surface area contributed by atoms with Crippen molar-refractivity contribution in [3.05, 3.63) is 260 Å². The van der Waals surface area contributed by atoms with E-state index >= 15 is 0 Å². The van der Waals surface area contributed by atoms with Crippen molar-refractivity contribution >= 4 is 65.9 Å². The van der Waals surface area contributed by atoms with E-state index in [1.54, 1.807) is 0 Å². The Balaban J connectivity index is 0.823. The molecule has 3 heteroatoms. The Bertz CT molecular complexity index is 3910. The van der Waals surface area contributed by atoms with Gasteiger partial charge in [-0.05, 0) is 117 Å². The lowest BCUT2D eigenvalue weighted by Gasteiger charge is -2.33. The van der Waals surface area contributed by atoms with Gasteiger partial charge in [-0.1, -0.05) is 195 Å². The van der Waals surface area contributed by atoms with Crippen molar-refractivity contribution in [1.82, 2.24) is 4.57 Å². The zero-order chi connectivity index (χ0) is 45.2. The maximum atomic E-state index is 6.68. The SMILES string of the molecule is CC1(c2cccc(-c3ccc4ccccc4c3)c2)C=CC(N(c2ccc(-c3ccc(-c4cccc(-n5c6ccccc6c6ccccc65)c4)cc3)cc2)c2cccc3c2oc2ccccc23)=CC1. The van der Waals surface area contributed by atoms with Crippen LogP contribution in [-0.2, 0) is 5.41 Å². The van der Waals surface area contributed by atoms with Crippen LogP contribution in [0, 0.1) is 0 Å². The molecule has 1 aliphatic carbocycles. The van der Waals surface area contributed by atoms with Crippen LogP contribution in [-0.4, -0.2) is 4.57 Å². The second-order valence-corrected chi connectivity index (χ2v) is 18.4. The number of furan rings is 1. The molecular formula is C65H46N2O. The molecule has 2 heterocycles. The molecule has 1 aliphatic rings. The minimum atomic E-state index is -0.185. The molecule has 1 unspecified atom stereocenters. The molecule has 0 fully saturated rings. The van der Waals surface area contributed by atoms with E-state index in [1.807, 2.05) is 6.07 Å². The highest BCUT2D eigenvalue weighted by molar-refractivity contribution is 6.10. The largest absolute Gasteiger partial charge is 0.454 e. The van der Waals surface area contributed by atoms with Crippen LogP contribution in [0.5, 0.6) is 0 Å². The Morgan fingerprint density at radius 3 is 1.76 bits per heavy atom. The van der Waals surface area contributed by atoms with Crippen molar-refractivity contribution in [2.24, 2.45) is 0 Å². The number of aromatic nitrogens is 1. The van der Waals surface area contributed by atoms with Crippen LogP contribution < -0.4 is 4.90 Å². The first-order chi connectivity index (χ1) is 33.5. The van der Waals surface area contributed by atoms with Gasteiger partial charge in [-0.15, -0.1) is 0 Å². The molecule has 0 bridgehead atoms. The lowest BCUT2D eigenvalue weighted by atomic mass is 9.76. The van der Waals surface area contributed by atoms with Gasteiger partial charge in [-0.3, -0.25) is 0 Å². The molecule has 322 valence electrons. The molecule has 1 atom stereocenters. The summed E-state index contributed by atoms with van der Waals surface area (Å²) in [5, 5.41) is 7.27. The Morgan fingerprint density at radius 1 is 0.456 bits per heavy atom. The molecule has 2 aromatic heterocycles. The van der Waals surface area contributed by atoms with Crippen LogP contribution in [0.15, 0.2) is 259 Å². The normalized spacial score (nSPS) is 14.9. The van der Waals surface area contributed by atoms with Crippen LogP contribution in [0.4, 0.5) is 11.4 Å². The highest BCUT2D eigenvalue weighted by atomic mass is 16.3. The van der Waals surface area contributed by atoms with E-state index in [0.29, 0.717) is 0 Å². The third-order valence-corrected chi connectivity index (χ3v) is 14.2. The highest BCUT2D eigenvalue weighted by Gasteiger charge is 2.29. The van der Waals surface area contributed by atoms with E-state index < -0.39 is 0 Å². The Morgan fingerprint density at radius 2 is 1.03 bits per heavy atom. The summed E-state index contributed by atoms with van der Waals surface area (Å²) in [5.41, 5.74) is 16.8. The van der Waals surface area contributed by atoms with E-state index in [-0.39, 0.29) is 5.41 Å². The van der Waals surface area contributed by atoms with Gasteiger partial charge in [0.2, 0.25) is 0 Å². The maximum Gasteiger partial charge on any atom is 0.159 e. The number of hydrogen-bond donors (Lipinski definition) is 0. The van der Waals surface area contributed by atoms with Crippen molar-refractivity contribution in [2.45, 2.75) is 18.8 Å². The molecule has 0 amide bonds. The summed E-state index contributed by atoms with van der Waals surface area (Å²) in [4.78, 5) is 2.36. The van der Waals surface area contributed by atoms with Crippen LogP contribution >= 0.6 is 0 Å². The van der Waals surface area contributed by atoms with Crippen molar-refractivity contribution in [2.75, 3.05) is 4.90 Å². The molecule has 0 saturated heterocycles. The van der Waals surface area contributed by atoms with Crippen molar-refractivity contribution in [3.8, 4) is 39.1 Å². The molecule has 68 heavy (non-hydrogen) atoms. The number of fused-ring (bicyclic) bond motifs is 7. The molecule has 0 N–H and O–H groups in total. The second kappa shape index (κ2) is 16.0. The van der Waals surface area contributed by atoms with Gasteiger partial charge in [0.1, 0.15) is 5.58 Å². The lowest BCUT2D eigenvalue weighted by Crippen LogP contribution is -2.24. The number of anilines is 2. The summed E-state index contributed by atoms with van der Waals surface area (Å²) in [6.45, 7) is 2.35. The first kappa shape index (κ1) is 39.7. The fourth-order valence-electron chi connectivity index (χ4n) is 10.5. The summed E-state index contributed by atoms with van der Waals surface area (Å²) >= 11 is 0. The van der Waals surface area contributed by atoms with Crippen molar-refractivity contribution < 1.29 is 4.42 Å². The first-order valence-electron chi connectivity index (χ1n) is 23.5. The summed E-state index contributed by atoms with van der Waals surface area (Å²) in [7, 11) is 0. The topological polar surface area (TPSA) is 21.3 Å². The van der Waals surface area contributed by atoms with Crippen molar-refractivity contribution in [1.29, 1.82) is 0 Å². The Labute approximate surface area is 395 Å². The number of allylic oxidation sites excluding steroid dienone is 3. The molecule has 10 aromatic carbocycles. The molecular weight excluding hydrogens is 825 g/mol. The lowest BCUT2D eigenvalue weighted by molar-refractivity contribution is 0.595. The number of rotatable bonds is 8. The van der Waals surface area contributed by atoms with Gasteiger partial charge in [-0.2, -0.15) is 0 Å². The van der Waals surface area contributed by atoms with Gasteiger partial charge in [0.05, 0.1) is 16.7 Å². The minimum Gasteiger partial charge on any atom is -0.454 e.